The number of hydrogen-bond acceptors (Lipinski definition) is 1. The molecule has 1 aromatic rings. The summed E-state index contributed by atoms with van der Waals surface area (Å²) >= 11 is 2.18. The molecule has 0 atom stereocenters. The van der Waals surface area contributed by atoms with Crippen LogP contribution in [0.5, 0.6) is 0 Å². The Labute approximate surface area is 80.2 Å². The Bertz CT molecular complexity index is 323. The molecule has 1 aromatic carbocycles. The van der Waals surface area contributed by atoms with Gasteiger partial charge >= 0.3 is 0 Å². The molecule has 0 aromatic heterocycles. The molecule has 0 aliphatic rings. The zero-order valence-corrected chi connectivity index (χ0v) is 8.64. The standard InChI is InChI=1S/C9H8IN/c1-6-3-8(5-11)9(10)4-7(6)2/h3-4H,1-2H3. The summed E-state index contributed by atoms with van der Waals surface area (Å²) in [7, 11) is 0. The molecule has 56 valence electrons. The highest BCUT2D eigenvalue weighted by Gasteiger charge is 2.00. The van der Waals surface area contributed by atoms with Gasteiger partial charge in [0.1, 0.15) is 6.07 Å². The van der Waals surface area contributed by atoms with E-state index < -0.39 is 0 Å². The van der Waals surface area contributed by atoms with Gasteiger partial charge in [0.15, 0.2) is 0 Å². The topological polar surface area (TPSA) is 23.8 Å². The Morgan fingerprint density at radius 2 is 1.82 bits per heavy atom. The van der Waals surface area contributed by atoms with Crippen molar-refractivity contribution in [2.75, 3.05) is 0 Å². The van der Waals surface area contributed by atoms with Crippen molar-refractivity contribution < 1.29 is 0 Å². The van der Waals surface area contributed by atoms with Crippen LogP contribution in [0.25, 0.3) is 0 Å². The van der Waals surface area contributed by atoms with Crippen molar-refractivity contribution in [2.45, 2.75) is 13.8 Å². The van der Waals surface area contributed by atoms with Crippen LogP contribution in [0.1, 0.15) is 16.7 Å². The van der Waals surface area contributed by atoms with Crippen LogP contribution in [0.15, 0.2) is 12.1 Å². The predicted octanol–water partition coefficient (Wildman–Crippen LogP) is 2.78. The van der Waals surface area contributed by atoms with E-state index >= 15 is 0 Å². The number of rotatable bonds is 0. The third-order valence-corrected chi connectivity index (χ3v) is 2.60. The molecule has 0 aliphatic heterocycles. The molecule has 0 heterocycles. The van der Waals surface area contributed by atoms with Crippen LogP contribution < -0.4 is 0 Å². The molecule has 0 radical (unpaired) electrons. The Hall–Kier alpha value is -0.560. The highest BCUT2D eigenvalue weighted by molar-refractivity contribution is 14.1. The zero-order chi connectivity index (χ0) is 8.43. The lowest BCUT2D eigenvalue weighted by atomic mass is 10.1. The third-order valence-electron chi connectivity index (χ3n) is 1.70. The van der Waals surface area contributed by atoms with Crippen molar-refractivity contribution in [3.05, 3.63) is 32.4 Å². The fourth-order valence-electron chi connectivity index (χ4n) is 0.867. The van der Waals surface area contributed by atoms with Crippen LogP contribution in [0.4, 0.5) is 0 Å². The minimum Gasteiger partial charge on any atom is -0.192 e. The lowest BCUT2D eigenvalue weighted by Crippen LogP contribution is -1.87. The monoisotopic (exact) mass is 257 g/mol. The van der Waals surface area contributed by atoms with E-state index in [-0.39, 0.29) is 0 Å². The molecule has 0 N–H and O–H groups in total. The number of halogens is 1. The Morgan fingerprint density at radius 1 is 1.27 bits per heavy atom. The number of aryl methyl sites for hydroxylation is 2. The third kappa shape index (κ3) is 1.72. The molecule has 0 saturated heterocycles. The molecular formula is C9H8IN. The maximum Gasteiger partial charge on any atom is 0.100 e. The fourth-order valence-corrected chi connectivity index (χ4v) is 1.61. The van der Waals surface area contributed by atoms with Crippen molar-refractivity contribution in [1.29, 1.82) is 5.26 Å². The molecule has 2 heteroatoms. The maximum atomic E-state index is 8.68. The van der Waals surface area contributed by atoms with Gasteiger partial charge in [-0.3, -0.25) is 0 Å². The van der Waals surface area contributed by atoms with Gasteiger partial charge in [0, 0.05) is 3.57 Å². The average molecular weight is 257 g/mol. The first-order valence-corrected chi connectivity index (χ1v) is 4.40. The van der Waals surface area contributed by atoms with Crippen molar-refractivity contribution in [3.8, 4) is 6.07 Å². The fraction of sp³-hybridized carbons (Fsp3) is 0.222. The summed E-state index contributed by atoms with van der Waals surface area (Å²) in [6.07, 6.45) is 0. The van der Waals surface area contributed by atoms with Gasteiger partial charge in [-0.25, -0.2) is 0 Å². The molecule has 0 spiro atoms. The van der Waals surface area contributed by atoms with Gasteiger partial charge in [0.25, 0.3) is 0 Å². The van der Waals surface area contributed by atoms with Gasteiger partial charge in [0.2, 0.25) is 0 Å². The van der Waals surface area contributed by atoms with E-state index in [4.69, 9.17) is 5.26 Å². The van der Waals surface area contributed by atoms with E-state index in [2.05, 4.69) is 35.6 Å². The van der Waals surface area contributed by atoms with Gasteiger partial charge in [-0.1, -0.05) is 0 Å². The predicted molar refractivity (Wildman–Crippen MR) is 53.3 cm³/mol. The smallest absolute Gasteiger partial charge is 0.100 e. The van der Waals surface area contributed by atoms with E-state index in [0.29, 0.717) is 0 Å². The number of nitrogens with zero attached hydrogens (tertiary/aromatic N) is 1. The first kappa shape index (κ1) is 8.54. The lowest BCUT2D eigenvalue weighted by molar-refractivity contribution is 1.31. The average Bonchev–Trinajstić information content (AvgIpc) is 1.97. The first-order valence-electron chi connectivity index (χ1n) is 3.32. The Balaban J connectivity index is 3.35. The summed E-state index contributed by atoms with van der Waals surface area (Å²) in [5.74, 6) is 0. The SMILES string of the molecule is Cc1cc(I)c(C#N)cc1C. The van der Waals surface area contributed by atoms with Crippen LogP contribution in [0.3, 0.4) is 0 Å². The van der Waals surface area contributed by atoms with Gasteiger partial charge in [0.05, 0.1) is 5.56 Å². The van der Waals surface area contributed by atoms with E-state index in [1.807, 2.05) is 19.1 Å². The highest BCUT2D eigenvalue weighted by atomic mass is 127. The summed E-state index contributed by atoms with van der Waals surface area (Å²) in [6, 6.07) is 6.12. The van der Waals surface area contributed by atoms with Crippen LogP contribution >= 0.6 is 22.6 Å². The molecule has 0 bridgehead atoms. The van der Waals surface area contributed by atoms with Crippen molar-refractivity contribution >= 4 is 22.6 Å². The maximum absolute atomic E-state index is 8.68. The summed E-state index contributed by atoms with van der Waals surface area (Å²) in [5.41, 5.74) is 3.20. The highest BCUT2D eigenvalue weighted by Crippen LogP contribution is 2.16. The number of hydrogen-bond donors (Lipinski definition) is 0. The van der Waals surface area contributed by atoms with Gasteiger partial charge in [-0.05, 0) is 59.7 Å². The number of nitriles is 1. The zero-order valence-electron chi connectivity index (χ0n) is 6.48. The second kappa shape index (κ2) is 3.22. The largest absolute Gasteiger partial charge is 0.192 e. The van der Waals surface area contributed by atoms with Crippen LogP contribution in [0, 0.1) is 28.7 Å². The van der Waals surface area contributed by atoms with Gasteiger partial charge in [-0.2, -0.15) is 5.26 Å². The summed E-state index contributed by atoms with van der Waals surface area (Å²) in [6.45, 7) is 4.07. The minimum absolute atomic E-state index is 0.772. The van der Waals surface area contributed by atoms with Gasteiger partial charge < -0.3 is 0 Å². The quantitative estimate of drug-likeness (QED) is 0.655. The molecule has 0 fully saturated rings. The molecule has 1 nitrogen and oxygen atoms in total. The number of benzene rings is 1. The second-order valence-corrected chi connectivity index (χ2v) is 3.69. The first-order chi connectivity index (χ1) is 5.15. The summed E-state index contributed by atoms with van der Waals surface area (Å²) < 4.78 is 1.04. The molecular weight excluding hydrogens is 249 g/mol. The molecule has 0 amide bonds. The minimum atomic E-state index is 0.772. The van der Waals surface area contributed by atoms with E-state index in [0.717, 1.165) is 9.13 Å². The van der Waals surface area contributed by atoms with Crippen molar-refractivity contribution in [3.63, 3.8) is 0 Å². The second-order valence-electron chi connectivity index (χ2n) is 2.53. The normalized spacial score (nSPS) is 9.27. The van der Waals surface area contributed by atoms with E-state index in [1.165, 1.54) is 11.1 Å². The molecule has 0 unspecified atom stereocenters. The Morgan fingerprint density at radius 3 is 2.36 bits per heavy atom. The van der Waals surface area contributed by atoms with E-state index in [1.54, 1.807) is 0 Å². The van der Waals surface area contributed by atoms with Crippen molar-refractivity contribution in [2.24, 2.45) is 0 Å². The van der Waals surface area contributed by atoms with Crippen LogP contribution in [-0.4, -0.2) is 0 Å². The van der Waals surface area contributed by atoms with Crippen LogP contribution in [0.2, 0.25) is 0 Å². The molecule has 11 heavy (non-hydrogen) atoms. The summed E-state index contributed by atoms with van der Waals surface area (Å²) in [4.78, 5) is 0. The Kier molecular flexibility index (Phi) is 2.50. The molecule has 1 rings (SSSR count). The van der Waals surface area contributed by atoms with Crippen LogP contribution in [-0.2, 0) is 0 Å². The summed E-state index contributed by atoms with van der Waals surface area (Å²) in [5, 5.41) is 8.68. The molecule has 0 saturated carbocycles. The lowest BCUT2D eigenvalue weighted by Gasteiger charge is -2.01. The van der Waals surface area contributed by atoms with E-state index in [9.17, 15) is 0 Å². The van der Waals surface area contributed by atoms with Gasteiger partial charge in [-0.15, -0.1) is 0 Å². The molecule has 0 aliphatic carbocycles. The van der Waals surface area contributed by atoms with Crippen molar-refractivity contribution in [1.82, 2.24) is 0 Å².